The van der Waals surface area contributed by atoms with Crippen molar-refractivity contribution in [1.29, 1.82) is 0 Å². The van der Waals surface area contributed by atoms with Gasteiger partial charge >= 0.3 is 11.7 Å². The lowest BCUT2D eigenvalue weighted by Gasteiger charge is -2.47. The van der Waals surface area contributed by atoms with E-state index in [0.717, 1.165) is 5.57 Å². The molecule has 2 unspecified atom stereocenters. The Morgan fingerprint density at radius 3 is 2.55 bits per heavy atom. The molecule has 5 N–H and O–H groups in total. The highest BCUT2D eigenvalue weighted by Crippen LogP contribution is 2.35. The van der Waals surface area contributed by atoms with Gasteiger partial charge in [0.1, 0.15) is 28.9 Å². The number of amides is 2. The van der Waals surface area contributed by atoms with Crippen LogP contribution in [0.25, 0.3) is 11.0 Å². The number of primary amides is 1. The van der Waals surface area contributed by atoms with Gasteiger partial charge in [0.25, 0.3) is 5.91 Å². The maximum Gasteiger partial charge on any atom is 0.404 e. The number of methoxy groups -OCH3 is 1. The number of benzene rings is 2. The quantitative estimate of drug-likeness (QED) is 0.226. The third-order valence-corrected chi connectivity index (χ3v) is 6.80. The highest BCUT2D eigenvalue weighted by Gasteiger charge is 2.53. The van der Waals surface area contributed by atoms with Gasteiger partial charge in [-0.15, -0.1) is 0 Å². The number of allylic oxidation sites excluding steroid dienone is 2. The smallest absolute Gasteiger partial charge is 0.404 e. The summed E-state index contributed by atoms with van der Waals surface area (Å²) in [7, 11) is 1.39. The van der Waals surface area contributed by atoms with Crippen molar-refractivity contribution in [3.8, 4) is 11.5 Å². The van der Waals surface area contributed by atoms with Crippen LogP contribution < -0.4 is 21.4 Å². The third kappa shape index (κ3) is 6.73. The lowest BCUT2D eigenvalue weighted by molar-refractivity contribution is -0.304. The third-order valence-electron chi connectivity index (χ3n) is 6.80. The maximum absolute atomic E-state index is 12.9. The van der Waals surface area contributed by atoms with Crippen LogP contribution in [0.5, 0.6) is 11.5 Å². The van der Waals surface area contributed by atoms with Gasteiger partial charge in [-0.3, -0.25) is 4.79 Å². The number of hydrogen-bond acceptors (Lipinski definition) is 10. The Balaban J connectivity index is 1.54. The summed E-state index contributed by atoms with van der Waals surface area (Å²) in [5.41, 5.74) is 5.31. The van der Waals surface area contributed by atoms with Crippen LogP contribution in [0.3, 0.4) is 0 Å². The molecule has 1 saturated heterocycles. The normalized spacial score (nSPS) is 21.4. The number of nitrogens with two attached hydrogens (primary N) is 1. The van der Waals surface area contributed by atoms with E-state index in [1.165, 1.54) is 31.4 Å². The Bertz CT molecular complexity index is 1570. The lowest BCUT2D eigenvalue weighted by Crippen LogP contribution is -2.65. The van der Waals surface area contributed by atoms with Crippen molar-refractivity contribution in [3.05, 3.63) is 75.7 Å². The van der Waals surface area contributed by atoms with Crippen LogP contribution in [-0.4, -0.2) is 59.5 Å². The number of anilines is 1. The van der Waals surface area contributed by atoms with E-state index < -0.39 is 47.8 Å². The van der Waals surface area contributed by atoms with Crippen molar-refractivity contribution < 1.29 is 43.2 Å². The van der Waals surface area contributed by atoms with Gasteiger partial charge in [0.15, 0.2) is 12.2 Å². The second kappa shape index (κ2) is 12.2. The van der Waals surface area contributed by atoms with Crippen LogP contribution in [0.2, 0.25) is 0 Å². The molecular weight excluding hydrogens is 548 g/mol. The minimum Gasteiger partial charge on any atom is -0.508 e. The number of fused-ring (bicyclic) bond motifs is 1. The summed E-state index contributed by atoms with van der Waals surface area (Å²) in [5.74, 6) is -0.298. The molecular formula is C30H34N2O10. The Labute approximate surface area is 241 Å². The van der Waals surface area contributed by atoms with E-state index in [4.69, 9.17) is 29.1 Å². The number of aliphatic hydroxyl groups is 1. The van der Waals surface area contributed by atoms with Crippen molar-refractivity contribution in [2.24, 2.45) is 5.73 Å². The molecule has 4 rings (SSSR count). The van der Waals surface area contributed by atoms with Gasteiger partial charge in [0, 0.05) is 24.1 Å². The zero-order valence-corrected chi connectivity index (χ0v) is 23.9. The summed E-state index contributed by atoms with van der Waals surface area (Å²) in [6.45, 7) is 7.23. The number of aliphatic hydroxyl groups excluding tert-OH is 1. The zero-order chi connectivity index (χ0) is 30.8. The van der Waals surface area contributed by atoms with Crippen LogP contribution in [0.15, 0.2) is 63.3 Å². The summed E-state index contributed by atoms with van der Waals surface area (Å²) in [5, 5.41) is 24.0. The van der Waals surface area contributed by atoms with E-state index >= 15 is 0 Å². The van der Waals surface area contributed by atoms with Crippen LogP contribution in [0.1, 0.15) is 43.6 Å². The standard InChI is InChI=1S/C30H34N2O10/c1-15(2)6-7-16-12-18(9-11-21(16)33)26(35)32-20-13-17-8-10-19(14-22(17)40-27(20)36)39-28-23(34)24(41-29(31)37)25(38-5)30(3,4)42-28/h6,8-14,23-25,28,33-34H,7H2,1-5H3,(H2,31,37)(H,32,35)/t23-,24+,25?,28?/m0/s1. The maximum atomic E-state index is 12.9. The zero-order valence-electron chi connectivity index (χ0n) is 23.9. The fourth-order valence-corrected chi connectivity index (χ4v) is 4.73. The highest BCUT2D eigenvalue weighted by atomic mass is 16.7. The molecule has 12 heteroatoms. The molecule has 1 aliphatic heterocycles. The molecule has 12 nitrogen and oxygen atoms in total. The second-order valence-electron chi connectivity index (χ2n) is 10.7. The van der Waals surface area contributed by atoms with Gasteiger partial charge < -0.3 is 44.6 Å². The molecule has 42 heavy (non-hydrogen) atoms. The first kappa shape index (κ1) is 30.6. The van der Waals surface area contributed by atoms with Crippen LogP contribution in [0, 0.1) is 0 Å². The van der Waals surface area contributed by atoms with Crippen molar-refractivity contribution in [2.45, 2.75) is 64.3 Å². The molecule has 1 fully saturated rings. The van der Waals surface area contributed by atoms with Crippen LogP contribution in [-0.2, 0) is 20.6 Å². The van der Waals surface area contributed by atoms with E-state index in [1.807, 2.05) is 19.9 Å². The SMILES string of the molecule is COC1[C@H](OC(N)=O)[C@H](O)C(Oc2ccc3cc(NC(=O)c4ccc(O)c(CC=C(C)C)c4)c(=O)oc3c2)OC1(C)C. The summed E-state index contributed by atoms with van der Waals surface area (Å²) >= 11 is 0. The first-order chi connectivity index (χ1) is 19.8. The van der Waals surface area contributed by atoms with Gasteiger partial charge in [-0.2, -0.15) is 0 Å². The van der Waals surface area contributed by atoms with Gasteiger partial charge in [-0.1, -0.05) is 11.6 Å². The number of nitrogens with one attached hydrogen (secondary N) is 1. The Kier molecular flexibility index (Phi) is 8.90. The molecule has 1 aromatic heterocycles. The van der Waals surface area contributed by atoms with Crippen molar-refractivity contribution in [3.63, 3.8) is 0 Å². The Morgan fingerprint density at radius 1 is 1.14 bits per heavy atom. The molecule has 0 spiro atoms. The van der Waals surface area contributed by atoms with E-state index in [2.05, 4.69) is 5.32 Å². The summed E-state index contributed by atoms with van der Waals surface area (Å²) < 4.78 is 27.7. The van der Waals surface area contributed by atoms with Gasteiger partial charge in [0.2, 0.25) is 6.29 Å². The number of phenolic OH excluding ortho intramolecular Hbond substituents is 1. The molecule has 4 atom stereocenters. The summed E-state index contributed by atoms with van der Waals surface area (Å²) in [6, 6.07) is 10.5. The van der Waals surface area contributed by atoms with E-state index in [0.29, 0.717) is 17.4 Å². The van der Waals surface area contributed by atoms with Gasteiger partial charge in [0.05, 0.1) is 5.60 Å². The molecule has 1 aliphatic rings. The average Bonchev–Trinajstić information content (AvgIpc) is 2.91. The molecule has 224 valence electrons. The van der Waals surface area contributed by atoms with Gasteiger partial charge in [-0.25, -0.2) is 9.59 Å². The van der Waals surface area contributed by atoms with Crippen molar-refractivity contribution in [1.82, 2.24) is 0 Å². The largest absolute Gasteiger partial charge is 0.508 e. The fourth-order valence-electron chi connectivity index (χ4n) is 4.73. The molecule has 0 saturated carbocycles. The minimum atomic E-state index is -1.46. The number of aromatic hydroxyl groups is 1. The Hall–Kier alpha value is -4.39. The number of ether oxygens (including phenoxy) is 4. The number of phenols is 1. The molecule has 0 aliphatic carbocycles. The first-order valence-electron chi connectivity index (χ1n) is 13.1. The number of carbonyl (C=O) groups is 2. The molecule has 0 radical (unpaired) electrons. The fraction of sp³-hybridized carbons (Fsp3) is 0.367. The second-order valence-corrected chi connectivity index (χ2v) is 10.7. The van der Waals surface area contributed by atoms with E-state index in [1.54, 1.807) is 32.0 Å². The monoisotopic (exact) mass is 582 g/mol. The number of hydrogen-bond donors (Lipinski definition) is 4. The van der Waals surface area contributed by atoms with Crippen LogP contribution >= 0.6 is 0 Å². The first-order valence-corrected chi connectivity index (χ1v) is 13.1. The van der Waals surface area contributed by atoms with E-state index in [9.17, 15) is 24.6 Å². The minimum absolute atomic E-state index is 0.0661. The Morgan fingerprint density at radius 2 is 1.88 bits per heavy atom. The molecule has 2 aromatic carbocycles. The molecule has 2 amide bonds. The topological polar surface area (TPSA) is 180 Å². The summed E-state index contributed by atoms with van der Waals surface area (Å²) in [4.78, 5) is 37.1. The number of carbonyl (C=O) groups excluding carboxylic acids is 2. The number of rotatable bonds is 8. The van der Waals surface area contributed by atoms with Gasteiger partial charge in [-0.05, 0) is 76.1 Å². The molecule has 3 aromatic rings. The average molecular weight is 583 g/mol. The lowest BCUT2D eigenvalue weighted by atomic mass is 9.89. The van der Waals surface area contributed by atoms with Crippen molar-refractivity contribution >= 4 is 28.7 Å². The molecule has 2 heterocycles. The van der Waals surface area contributed by atoms with Crippen LogP contribution in [0.4, 0.5) is 10.5 Å². The predicted molar refractivity (Wildman–Crippen MR) is 153 cm³/mol. The summed E-state index contributed by atoms with van der Waals surface area (Å²) in [6.07, 6.45) is -3.48. The molecule has 0 bridgehead atoms. The van der Waals surface area contributed by atoms with E-state index in [-0.39, 0.29) is 28.3 Å². The predicted octanol–water partition coefficient (Wildman–Crippen LogP) is 3.61. The highest BCUT2D eigenvalue weighted by molar-refractivity contribution is 6.05. The van der Waals surface area contributed by atoms with Crippen molar-refractivity contribution in [2.75, 3.05) is 12.4 Å².